The number of rotatable bonds is 11. The van der Waals surface area contributed by atoms with Crippen molar-refractivity contribution in [3.63, 3.8) is 0 Å². The van der Waals surface area contributed by atoms with Gasteiger partial charge in [-0.2, -0.15) is 0 Å². The SMILES string of the molecule is CC[C@@H](C(=O)NCC(C)C)N(Cc1cccc(C)c1)C(=O)CN(c1cc(Cl)ccc1C)S(C)(=O)=O. The van der Waals surface area contributed by atoms with E-state index < -0.39 is 28.5 Å². The van der Waals surface area contributed by atoms with Crippen LogP contribution in [0.5, 0.6) is 0 Å². The molecule has 2 rings (SSSR count). The minimum absolute atomic E-state index is 0.181. The summed E-state index contributed by atoms with van der Waals surface area (Å²) in [5.74, 6) is -0.473. The predicted molar refractivity (Wildman–Crippen MR) is 142 cm³/mol. The van der Waals surface area contributed by atoms with Gasteiger partial charge in [0.15, 0.2) is 0 Å². The number of nitrogens with zero attached hydrogens (tertiary/aromatic N) is 2. The van der Waals surface area contributed by atoms with Crippen LogP contribution in [0.3, 0.4) is 0 Å². The Bertz CT molecular complexity index is 1150. The molecule has 0 radical (unpaired) electrons. The Labute approximate surface area is 214 Å². The first-order valence-electron chi connectivity index (χ1n) is 11.7. The number of anilines is 1. The van der Waals surface area contributed by atoms with Crippen LogP contribution >= 0.6 is 11.6 Å². The van der Waals surface area contributed by atoms with E-state index in [4.69, 9.17) is 11.6 Å². The second-order valence-electron chi connectivity index (χ2n) is 9.27. The summed E-state index contributed by atoms with van der Waals surface area (Å²) in [5.41, 5.74) is 2.89. The quantitative estimate of drug-likeness (QED) is 0.477. The third kappa shape index (κ3) is 8.25. The number of hydrogen-bond acceptors (Lipinski definition) is 4. The van der Waals surface area contributed by atoms with Gasteiger partial charge in [-0.1, -0.05) is 68.3 Å². The molecule has 1 N–H and O–H groups in total. The molecule has 0 fully saturated rings. The van der Waals surface area contributed by atoms with Gasteiger partial charge in [0.05, 0.1) is 11.9 Å². The fourth-order valence-corrected chi connectivity index (χ4v) is 4.86. The van der Waals surface area contributed by atoms with Gasteiger partial charge in [-0.05, 0) is 49.4 Å². The maximum absolute atomic E-state index is 13.7. The smallest absolute Gasteiger partial charge is 0.244 e. The van der Waals surface area contributed by atoms with Gasteiger partial charge in [0.25, 0.3) is 0 Å². The van der Waals surface area contributed by atoms with E-state index in [1.54, 1.807) is 19.1 Å². The molecule has 0 aliphatic heterocycles. The lowest BCUT2D eigenvalue weighted by Gasteiger charge is -2.33. The van der Waals surface area contributed by atoms with Gasteiger partial charge < -0.3 is 10.2 Å². The van der Waals surface area contributed by atoms with Gasteiger partial charge in [-0.3, -0.25) is 13.9 Å². The maximum Gasteiger partial charge on any atom is 0.244 e. The normalized spacial score (nSPS) is 12.3. The number of carbonyl (C=O) groups excluding carboxylic acids is 2. The molecule has 0 heterocycles. The van der Waals surface area contributed by atoms with Crippen molar-refractivity contribution in [2.45, 2.75) is 53.6 Å². The molecule has 0 saturated heterocycles. The number of benzene rings is 2. The van der Waals surface area contributed by atoms with Crippen molar-refractivity contribution in [3.8, 4) is 0 Å². The summed E-state index contributed by atoms with van der Waals surface area (Å²) in [5, 5.41) is 3.28. The van der Waals surface area contributed by atoms with E-state index in [2.05, 4.69) is 5.32 Å². The number of aryl methyl sites for hydroxylation is 2. The zero-order valence-corrected chi connectivity index (χ0v) is 22.9. The van der Waals surface area contributed by atoms with Crippen LogP contribution < -0.4 is 9.62 Å². The fourth-order valence-electron chi connectivity index (χ4n) is 3.80. The first-order valence-corrected chi connectivity index (χ1v) is 13.9. The number of halogens is 1. The number of carbonyl (C=O) groups is 2. The van der Waals surface area contributed by atoms with E-state index in [1.807, 2.05) is 52.0 Å². The molecule has 192 valence electrons. The van der Waals surface area contributed by atoms with Crippen LogP contribution in [0.15, 0.2) is 42.5 Å². The second kappa shape index (κ2) is 12.4. The molecule has 0 bridgehead atoms. The summed E-state index contributed by atoms with van der Waals surface area (Å²) in [6, 6.07) is 11.8. The van der Waals surface area contributed by atoms with Gasteiger partial charge in [-0.25, -0.2) is 8.42 Å². The first kappa shape index (κ1) is 28.7. The number of amides is 2. The van der Waals surface area contributed by atoms with Crippen molar-refractivity contribution < 1.29 is 18.0 Å². The monoisotopic (exact) mass is 521 g/mol. The summed E-state index contributed by atoms with van der Waals surface area (Å²) < 4.78 is 26.5. The van der Waals surface area contributed by atoms with Crippen LogP contribution in [-0.2, 0) is 26.2 Å². The lowest BCUT2D eigenvalue weighted by molar-refractivity contribution is -0.140. The topological polar surface area (TPSA) is 86.8 Å². The van der Waals surface area contributed by atoms with Crippen LogP contribution in [0.1, 0.15) is 43.9 Å². The summed E-state index contributed by atoms with van der Waals surface area (Å²) in [6.45, 7) is 9.76. The highest BCUT2D eigenvalue weighted by molar-refractivity contribution is 7.92. The molecule has 0 aromatic heterocycles. The van der Waals surface area contributed by atoms with Crippen molar-refractivity contribution in [3.05, 3.63) is 64.2 Å². The van der Waals surface area contributed by atoms with Crippen LogP contribution in [0, 0.1) is 19.8 Å². The molecule has 0 aliphatic rings. The van der Waals surface area contributed by atoms with Crippen LogP contribution in [-0.4, -0.2) is 50.5 Å². The molecule has 0 aliphatic carbocycles. The minimum Gasteiger partial charge on any atom is -0.354 e. The highest BCUT2D eigenvalue weighted by Gasteiger charge is 2.32. The summed E-state index contributed by atoms with van der Waals surface area (Å²) >= 11 is 6.14. The van der Waals surface area contributed by atoms with Gasteiger partial charge in [0.1, 0.15) is 12.6 Å². The van der Waals surface area contributed by atoms with Crippen LogP contribution in [0.2, 0.25) is 5.02 Å². The number of hydrogen-bond donors (Lipinski definition) is 1. The third-order valence-electron chi connectivity index (χ3n) is 5.62. The van der Waals surface area contributed by atoms with Crippen molar-refractivity contribution in [1.82, 2.24) is 10.2 Å². The molecule has 2 amide bonds. The Hall–Kier alpha value is -2.58. The third-order valence-corrected chi connectivity index (χ3v) is 6.99. The van der Waals surface area contributed by atoms with Crippen molar-refractivity contribution in [2.24, 2.45) is 5.92 Å². The molecule has 0 spiro atoms. The molecule has 7 nitrogen and oxygen atoms in total. The Morgan fingerprint density at radius 3 is 2.34 bits per heavy atom. The summed E-state index contributed by atoms with van der Waals surface area (Å²) in [6.07, 6.45) is 1.44. The highest BCUT2D eigenvalue weighted by atomic mass is 35.5. The molecular formula is C26H36ClN3O4S. The molecule has 2 aromatic rings. The zero-order valence-electron chi connectivity index (χ0n) is 21.3. The largest absolute Gasteiger partial charge is 0.354 e. The minimum atomic E-state index is -3.81. The Kier molecular flexibility index (Phi) is 10.2. The molecule has 9 heteroatoms. The lowest BCUT2D eigenvalue weighted by atomic mass is 10.1. The standard InChI is InChI=1S/C26H36ClN3O4S/c1-7-23(26(32)28-15-18(2)3)29(16-21-10-8-9-19(4)13-21)25(31)17-30(35(6,33)34)24-14-22(27)12-11-20(24)5/h8-14,18,23H,7,15-17H2,1-6H3,(H,28,32)/t23-/m0/s1. The molecule has 0 unspecified atom stereocenters. The van der Waals surface area contributed by atoms with Crippen LogP contribution in [0.4, 0.5) is 5.69 Å². The molecule has 2 aromatic carbocycles. The van der Waals surface area contributed by atoms with E-state index in [-0.39, 0.29) is 18.4 Å². The van der Waals surface area contributed by atoms with Crippen molar-refractivity contribution in [1.29, 1.82) is 0 Å². The van der Waals surface area contributed by atoms with E-state index in [9.17, 15) is 18.0 Å². The van der Waals surface area contributed by atoms with E-state index >= 15 is 0 Å². The van der Waals surface area contributed by atoms with Crippen molar-refractivity contribution in [2.75, 3.05) is 23.7 Å². The average Bonchev–Trinajstić information content (AvgIpc) is 2.76. The molecule has 0 saturated carbocycles. The van der Waals surface area contributed by atoms with Gasteiger partial charge in [0, 0.05) is 18.1 Å². The first-order chi connectivity index (χ1) is 16.3. The predicted octanol–water partition coefficient (Wildman–Crippen LogP) is 4.30. The lowest BCUT2D eigenvalue weighted by Crippen LogP contribution is -2.52. The molecular weight excluding hydrogens is 486 g/mol. The second-order valence-corrected chi connectivity index (χ2v) is 11.6. The summed E-state index contributed by atoms with van der Waals surface area (Å²) in [4.78, 5) is 28.3. The van der Waals surface area contributed by atoms with Gasteiger partial charge >= 0.3 is 0 Å². The number of sulfonamides is 1. The fraction of sp³-hybridized carbons (Fsp3) is 0.462. The van der Waals surface area contributed by atoms with Crippen LogP contribution in [0.25, 0.3) is 0 Å². The maximum atomic E-state index is 13.7. The summed E-state index contributed by atoms with van der Waals surface area (Å²) in [7, 11) is -3.81. The van der Waals surface area contributed by atoms with Gasteiger partial charge in [0.2, 0.25) is 21.8 Å². The molecule has 1 atom stereocenters. The van der Waals surface area contributed by atoms with E-state index in [1.165, 1.54) is 11.0 Å². The highest BCUT2D eigenvalue weighted by Crippen LogP contribution is 2.27. The Balaban J connectivity index is 2.47. The van der Waals surface area contributed by atoms with Gasteiger partial charge in [-0.15, -0.1) is 0 Å². The Morgan fingerprint density at radius 2 is 1.77 bits per heavy atom. The Morgan fingerprint density at radius 1 is 1.09 bits per heavy atom. The van der Waals surface area contributed by atoms with Crippen molar-refractivity contribution >= 4 is 39.1 Å². The van der Waals surface area contributed by atoms with E-state index in [0.717, 1.165) is 21.7 Å². The zero-order chi connectivity index (χ0) is 26.3. The number of nitrogens with one attached hydrogen (secondary N) is 1. The van der Waals surface area contributed by atoms with E-state index in [0.29, 0.717) is 29.2 Å². The molecule has 35 heavy (non-hydrogen) atoms. The average molecular weight is 522 g/mol.